The summed E-state index contributed by atoms with van der Waals surface area (Å²) < 4.78 is 0. The predicted octanol–water partition coefficient (Wildman–Crippen LogP) is -0.363. The molecule has 1 aromatic heterocycles. The lowest BCUT2D eigenvalue weighted by Gasteiger charge is -2.27. The third kappa shape index (κ3) is 2.27. The third-order valence-electron chi connectivity index (χ3n) is 3.29. The molecule has 2 atom stereocenters. The van der Waals surface area contributed by atoms with Gasteiger partial charge in [0.05, 0.1) is 29.6 Å². The van der Waals surface area contributed by atoms with E-state index in [1.807, 2.05) is 6.92 Å². The minimum absolute atomic E-state index is 0.105. The Balaban J connectivity index is 2.34. The zero-order valence-corrected chi connectivity index (χ0v) is 10.5. The maximum atomic E-state index is 9.64. The van der Waals surface area contributed by atoms with Crippen molar-refractivity contribution in [2.24, 2.45) is 0 Å². The predicted molar refractivity (Wildman–Crippen MR) is 70.2 cm³/mol. The van der Waals surface area contributed by atoms with Crippen molar-refractivity contribution in [3.8, 4) is 0 Å². The van der Waals surface area contributed by atoms with E-state index in [0.717, 1.165) is 6.54 Å². The Morgan fingerprint density at radius 2 is 2.39 bits per heavy atom. The monoisotopic (exact) mass is 252 g/mol. The number of anilines is 2. The minimum Gasteiger partial charge on any atom is -0.396 e. The Bertz CT molecular complexity index is 427. The van der Waals surface area contributed by atoms with Gasteiger partial charge in [-0.25, -0.2) is 4.98 Å². The number of β-amino-alcohol motifs (C(OH)–C–C–N with tert-alkyl or cyclic N) is 1. The lowest BCUT2D eigenvalue weighted by atomic mass is 9.93. The number of aliphatic hydroxyl groups is 2. The van der Waals surface area contributed by atoms with Crippen molar-refractivity contribution in [2.45, 2.75) is 25.0 Å². The first-order chi connectivity index (χ1) is 8.61. The fourth-order valence-electron chi connectivity index (χ4n) is 2.30. The highest BCUT2D eigenvalue weighted by Gasteiger charge is 2.40. The van der Waals surface area contributed by atoms with Gasteiger partial charge < -0.3 is 26.6 Å². The average molecular weight is 252 g/mol. The summed E-state index contributed by atoms with van der Waals surface area (Å²) in [5, 5.41) is 25.5. The van der Waals surface area contributed by atoms with Crippen molar-refractivity contribution < 1.29 is 10.2 Å². The number of aliphatic hydroxyl groups excluding tert-OH is 2. The molecule has 6 nitrogen and oxygen atoms in total. The Labute approximate surface area is 106 Å². The van der Waals surface area contributed by atoms with E-state index in [4.69, 9.17) is 5.73 Å². The van der Waals surface area contributed by atoms with Gasteiger partial charge in [0.25, 0.3) is 0 Å². The zero-order chi connectivity index (χ0) is 13.2. The second-order valence-electron chi connectivity index (χ2n) is 4.64. The van der Waals surface area contributed by atoms with Crippen LogP contribution in [0.15, 0.2) is 12.1 Å². The molecule has 2 rings (SSSR count). The van der Waals surface area contributed by atoms with Crippen molar-refractivity contribution in [1.82, 2.24) is 10.3 Å². The molecule has 6 N–H and O–H groups in total. The average Bonchev–Trinajstić information content (AvgIpc) is 2.75. The van der Waals surface area contributed by atoms with Crippen molar-refractivity contribution in [1.29, 1.82) is 0 Å². The maximum Gasteiger partial charge on any atom is 0.149 e. The number of hydrogen-bond donors (Lipinski definition) is 5. The summed E-state index contributed by atoms with van der Waals surface area (Å²) >= 11 is 0. The summed E-state index contributed by atoms with van der Waals surface area (Å²) in [6.45, 7) is 3.05. The van der Waals surface area contributed by atoms with Gasteiger partial charge in [0.1, 0.15) is 5.82 Å². The maximum absolute atomic E-state index is 9.64. The summed E-state index contributed by atoms with van der Waals surface area (Å²) in [4.78, 5) is 4.45. The van der Waals surface area contributed by atoms with Gasteiger partial charge in [-0.05, 0) is 19.1 Å². The summed E-state index contributed by atoms with van der Waals surface area (Å²) in [5.74, 6) is 0.617. The number of aromatic nitrogens is 1. The molecule has 0 saturated carbocycles. The lowest BCUT2D eigenvalue weighted by Crippen LogP contribution is -2.41. The second kappa shape index (κ2) is 5.09. The lowest BCUT2D eigenvalue weighted by molar-refractivity contribution is 0.144. The summed E-state index contributed by atoms with van der Waals surface area (Å²) in [7, 11) is 0. The molecule has 1 aromatic rings. The fourth-order valence-corrected chi connectivity index (χ4v) is 2.30. The first kappa shape index (κ1) is 13.1. The number of nitrogen functional groups attached to an aromatic ring is 1. The third-order valence-corrected chi connectivity index (χ3v) is 3.29. The topological polar surface area (TPSA) is 103 Å². The molecule has 1 fully saturated rings. The van der Waals surface area contributed by atoms with Gasteiger partial charge >= 0.3 is 0 Å². The van der Waals surface area contributed by atoms with Gasteiger partial charge in [-0.15, -0.1) is 0 Å². The van der Waals surface area contributed by atoms with E-state index >= 15 is 0 Å². The van der Waals surface area contributed by atoms with Crippen LogP contribution in [0.5, 0.6) is 0 Å². The number of nitrogens with zero attached hydrogens (tertiary/aromatic N) is 1. The summed E-state index contributed by atoms with van der Waals surface area (Å²) in [6, 6.07) is 3.56. The highest BCUT2D eigenvalue weighted by atomic mass is 16.3. The van der Waals surface area contributed by atoms with Crippen LogP contribution >= 0.6 is 0 Å². The molecular formula is C12H20N4O2. The van der Waals surface area contributed by atoms with Crippen LogP contribution < -0.4 is 16.4 Å². The molecule has 0 aliphatic carbocycles. The van der Waals surface area contributed by atoms with Gasteiger partial charge in [0, 0.05) is 19.5 Å². The van der Waals surface area contributed by atoms with Crippen molar-refractivity contribution in [3.05, 3.63) is 17.8 Å². The van der Waals surface area contributed by atoms with Crippen molar-refractivity contribution in [3.63, 3.8) is 0 Å². The smallest absolute Gasteiger partial charge is 0.149 e. The molecule has 1 saturated heterocycles. The van der Waals surface area contributed by atoms with Gasteiger partial charge in [0.15, 0.2) is 0 Å². The normalized spacial score (nSPS) is 27.4. The molecule has 2 unspecified atom stereocenters. The van der Waals surface area contributed by atoms with Crippen molar-refractivity contribution >= 4 is 11.5 Å². The van der Waals surface area contributed by atoms with Crippen LogP contribution in [-0.2, 0) is 5.54 Å². The van der Waals surface area contributed by atoms with Gasteiger partial charge in [-0.3, -0.25) is 0 Å². The largest absolute Gasteiger partial charge is 0.396 e. The highest BCUT2D eigenvalue weighted by Crippen LogP contribution is 2.31. The van der Waals surface area contributed by atoms with Crippen LogP contribution in [0.4, 0.5) is 11.5 Å². The molecule has 2 heterocycles. The molecule has 1 aliphatic rings. The first-order valence-corrected chi connectivity index (χ1v) is 6.16. The van der Waals surface area contributed by atoms with E-state index in [2.05, 4.69) is 15.6 Å². The summed E-state index contributed by atoms with van der Waals surface area (Å²) in [5.41, 5.74) is 6.44. The number of hydrogen-bond acceptors (Lipinski definition) is 6. The van der Waals surface area contributed by atoms with E-state index in [-0.39, 0.29) is 6.61 Å². The van der Waals surface area contributed by atoms with Crippen LogP contribution in [0.25, 0.3) is 0 Å². The number of rotatable bonds is 4. The molecule has 6 heteroatoms. The van der Waals surface area contributed by atoms with Crippen LogP contribution in [0.3, 0.4) is 0 Å². The molecule has 0 aromatic carbocycles. The molecule has 0 radical (unpaired) electrons. The molecular weight excluding hydrogens is 232 g/mol. The van der Waals surface area contributed by atoms with E-state index in [1.165, 1.54) is 0 Å². The number of nitrogens with two attached hydrogens (primary N) is 1. The van der Waals surface area contributed by atoms with Gasteiger partial charge in [-0.2, -0.15) is 0 Å². The van der Waals surface area contributed by atoms with Gasteiger partial charge in [0.2, 0.25) is 0 Å². The number of nitrogens with one attached hydrogen (secondary N) is 2. The SMILES string of the molecule is CCNc1nc(C2(CO)CC(O)CN2)ccc1N. The Morgan fingerprint density at radius 1 is 1.61 bits per heavy atom. The van der Waals surface area contributed by atoms with E-state index in [9.17, 15) is 10.2 Å². The van der Waals surface area contributed by atoms with E-state index in [1.54, 1.807) is 12.1 Å². The standard InChI is InChI=1S/C12H20N4O2/c1-2-14-11-9(13)3-4-10(16-11)12(7-17)5-8(18)6-15-12/h3-4,8,15,17-18H,2,5-7,13H2,1H3,(H,14,16). The zero-order valence-electron chi connectivity index (χ0n) is 10.5. The minimum atomic E-state index is -0.669. The highest BCUT2D eigenvalue weighted by molar-refractivity contribution is 5.61. The van der Waals surface area contributed by atoms with Crippen LogP contribution in [-0.4, -0.2) is 41.0 Å². The molecule has 0 spiro atoms. The van der Waals surface area contributed by atoms with Crippen LogP contribution in [0.1, 0.15) is 19.0 Å². The molecule has 1 aliphatic heterocycles. The Hall–Kier alpha value is -1.37. The number of pyridine rings is 1. The summed E-state index contributed by atoms with van der Waals surface area (Å²) in [6.07, 6.45) is -0.00880. The van der Waals surface area contributed by atoms with Crippen molar-refractivity contribution in [2.75, 3.05) is 30.7 Å². The molecule has 100 valence electrons. The Morgan fingerprint density at radius 3 is 2.94 bits per heavy atom. The van der Waals surface area contributed by atoms with Gasteiger partial charge in [-0.1, -0.05) is 0 Å². The first-order valence-electron chi connectivity index (χ1n) is 6.16. The second-order valence-corrected chi connectivity index (χ2v) is 4.64. The quantitative estimate of drug-likeness (QED) is 0.501. The van der Waals surface area contributed by atoms with Crippen LogP contribution in [0.2, 0.25) is 0 Å². The fraction of sp³-hybridized carbons (Fsp3) is 0.583. The van der Waals surface area contributed by atoms with E-state index < -0.39 is 11.6 Å². The molecule has 0 bridgehead atoms. The van der Waals surface area contributed by atoms with E-state index in [0.29, 0.717) is 30.2 Å². The van der Waals surface area contributed by atoms with Crippen LogP contribution in [0, 0.1) is 0 Å². The Kier molecular flexibility index (Phi) is 3.70. The molecule has 0 amide bonds. The molecule has 18 heavy (non-hydrogen) atoms.